The van der Waals surface area contributed by atoms with Gasteiger partial charge in [0.1, 0.15) is 21.8 Å². The second-order valence-corrected chi connectivity index (χ2v) is 5.71. The molecule has 8 nitrogen and oxygen atoms in total. The molecular weight excluding hydrogens is 328 g/mol. The van der Waals surface area contributed by atoms with Gasteiger partial charge in [-0.1, -0.05) is 18.2 Å². The molecule has 2 aromatic carbocycles. The summed E-state index contributed by atoms with van der Waals surface area (Å²) in [5.74, 6) is -3.84. The van der Waals surface area contributed by atoms with E-state index >= 15 is 0 Å². The molecular formula is C14H10O8S. The fraction of sp³-hybridized carbons (Fsp3) is 0. The predicted molar refractivity (Wildman–Crippen MR) is 76.7 cm³/mol. The minimum absolute atomic E-state index is 0.397. The summed E-state index contributed by atoms with van der Waals surface area (Å²) in [6.07, 6.45) is 0. The largest absolute Gasteiger partial charge is 0.478 e. The Labute approximate surface area is 130 Å². The highest BCUT2D eigenvalue weighted by Crippen LogP contribution is 2.33. The van der Waals surface area contributed by atoms with Crippen LogP contribution in [0.15, 0.2) is 47.4 Å². The summed E-state index contributed by atoms with van der Waals surface area (Å²) in [6, 6.07) is 8.33. The number of carboxylic acid groups (broad SMARTS) is 2. The smallest absolute Gasteiger partial charge is 0.339 e. The SMILES string of the molecule is O=C(O)c1cccc(C(=O)O)c1Oc1ccccc1S(=O)(=O)O. The van der Waals surface area contributed by atoms with Crippen LogP contribution in [-0.4, -0.2) is 35.1 Å². The van der Waals surface area contributed by atoms with E-state index in [9.17, 15) is 18.0 Å². The van der Waals surface area contributed by atoms with Crippen molar-refractivity contribution in [3.05, 3.63) is 53.6 Å². The van der Waals surface area contributed by atoms with Crippen molar-refractivity contribution in [3.8, 4) is 11.5 Å². The van der Waals surface area contributed by atoms with Crippen molar-refractivity contribution in [2.24, 2.45) is 0 Å². The van der Waals surface area contributed by atoms with Crippen molar-refractivity contribution in [3.63, 3.8) is 0 Å². The second-order valence-electron chi connectivity index (χ2n) is 4.32. The molecule has 0 unspecified atom stereocenters. The Kier molecular flexibility index (Phi) is 4.34. The van der Waals surface area contributed by atoms with Crippen LogP contribution in [0.1, 0.15) is 20.7 Å². The number of hydrogen-bond donors (Lipinski definition) is 3. The number of para-hydroxylation sites is 2. The first-order chi connectivity index (χ1) is 10.7. The van der Waals surface area contributed by atoms with E-state index in [2.05, 4.69) is 0 Å². The first-order valence-corrected chi connectivity index (χ1v) is 7.50. The van der Waals surface area contributed by atoms with Crippen LogP contribution in [0.25, 0.3) is 0 Å². The molecule has 3 N–H and O–H groups in total. The molecule has 0 amide bonds. The quantitative estimate of drug-likeness (QED) is 0.705. The molecule has 2 aromatic rings. The van der Waals surface area contributed by atoms with E-state index in [-0.39, 0.29) is 0 Å². The number of aromatic carboxylic acids is 2. The summed E-state index contributed by atoms with van der Waals surface area (Å²) in [7, 11) is -4.64. The molecule has 0 bridgehead atoms. The fourth-order valence-electron chi connectivity index (χ4n) is 1.84. The van der Waals surface area contributed by atoms with Crippen LogP contribution in [0.5, 0.6) is 11.5 Å². The van der Waals surface area contributed by atoms with Crippen molar-refractivity contribution < 1.29 is 37.5 Å². The van der Waals surface area contributed by atoms with Gasteiger partial charge in [0.15, 0.2) is 5.75 Å². The minimum Gasteiger partial charge on any atom is -0.478 e. The average molecular weight is 338 g/mol. The lowest BCUT2D eigenvalue weighted by Gasteiger charge is -2.13. The van der Waals surface area contributed by atoms with Crippen molar-refractivity contribution in [1.82, 2.24) is 0 Å². The Morgan fingerprint density at radius 3 is 1.87 bits per heavy atom. The molecule has 9 heteroatoms. The van der Waals surface area contributed by atoms with Crippen molar-refractivity contribution in [2.75, 3.05) is 0 Å². The highest BCUT2D eigenvalue weighted by molar-refractivity contribution is 7.86. The van der Waals surface area contributed by atoms with Gasteiger partial charge < -0.3 is 14.9 Å². The molecule has 0 saturated carbocycles. The first-order valence-electron chi connectivity index (χ1n) is 6.06. The Bertz CT molecular complexity index is 853. The monoisotopic (exact) mass is 338 g/mol. The second kappa shape index (κ2) is 6.07. The molecule has 0 aromatic heterocycles. The highest BCUT2D eigenvalue weighted by atomic mass is 32.2. The number of rotatable bonds is 5. The molecule has 0 aliphatic carbocycles. The molecule has 23 heavy (non-hydrogen) atoms. The number of ether oxygens (including phenoxy) is 1. The predicted octanol–water partition coefficient (Wildman–Crippen LogP) is 2.12. The number of carbonyl (C=O) groups is 2. The molecule has 0 aliphatic heterocycles. The van der Waals surface area contributed by atoms with E-state index in [4.69, 9.17) is 19.5 Å². The van der Waals surface area contributed by atoms with Gasteiger partial charge in [0.2, 0.25) is 0 Å². The third kappa shape index (κ3) is 3.47. The van der Waals surface area contributed by atoms with Gasteiger partial charge in [0.05, 0.1) is 0 Å². The maximum Gasteiger partial charge on any atom is 0.339 e. The van der Waals surface area contributed by atoms with Crippen LogP contribution in [-0.2, 0) is 10.1 Å². The lowest BCUT2D eigenvalue weighted by Crippen LogP contribution is -2.08. The van der Waals surface area contributed by atoms with E-state index < -0.39 is 49.6 Å². The zero-order valence-corrected chi connectivity index (χ0v) is 12.1. The van der Waals surface area contributed by atoms with Gasteiger partial charge in [-0.15, -0.1) is 0 Å². The van der Waals surface area contributed by atoms with Crippen LogP contribution in [0.4, 0.5) is 0 Å². The summed E-state index contributed by atoms with van der Waals surface area (Å²) in [5, 5.41) is 18.3. The zero-order chi connectivity index (χ0) is 17.2. The topological polar surface area (TPSA) is 138 Å². The van der Waals surface area contributed by atoms with Gasteiger partial charge in [0.25, 0.3) is 10.1 Å². The Balaban J connectivity index is 2.66. The maximum atomic E-state index is 11.3. The van der Waals surface area contributed by atoms with Crippen LogP contribution in [0.2, 0.25) is 0 Å². The normalized spacial score (nSPS) is 11.0. The summed E-state index contributed by atoms with van der Waals surface area (Å²) in [5.41, 5.74) is -0.926. The van der Waals surface area contributed by atoms with Crippen LogP contribution in [0, 0.1) is 0 Å². The lowest BCUT2D eigenvalue weighted by atomic mass is 10.1. The molecule has 0 fully saturated rings. The molecule has 0 atom stereocenters. The maximum absolute atomic E-state index is 11.3. The summed E-state index contributed by atoms with van der Waals surface area (Å²) in [4.78, 5) is 21.8. The van der Waals surface area contributed by atoms with E-state index in [1.807, 2.05) is 0 Å². The molecule has 0 saturated heterocycles. The fourth-order valence-corrected chi connectivity index (χ4v) is 2.46. The number of benzene rings is 2. The zero-order valence-electron chi connectivity index (χ0n) is 11.3. The molecule has 0 aliphatic rings. The van der Waals surface area contributed by atoms with E-state index in [1.54, 1.807) is 0 Å². The molecule has 2 rings (SSSR count). The molecule has 0 spiro atoms. The van der Waals surface area contributed by atoms with Gasteiger partial charge in [-0.3, -0.25) is 4.55 Å². The molecule has 120 valence electrons. The van der Waals surface area contributed by atoms with Crippen molar-refractivity contribution in [2.45, 2.75) is 4.90 Å². The Morgan fingerprint density at radius 2 is 1.39 bits per heavy atom. The number of carboxylic acids is 2. The summed E-state index contributed by atoms with van der Waals surface area (Å²) < 4.78 is 37.0. The standard InChI is InChI=1S/C14H10O8S/c15-13(16)8-4-3-5-9(14(17)18)12(8)22-10-6-1-2-7-11(10)23(19,20)21/h1-7H,(H,15,16)(H,17,18)(H,19,20,21). The third-order valence-corrected chi connectivity index (χ3v) is 3.71. The molecule has 0 heterocycles. The van der Waals surface area contributed by atoms with Crippen LogP contribution < -0.4 is 4.74 Å². The van der Waals surface area contributed by atoms with Gasteiger partial charge in [-0.2, -0.15) is 8.42 Å². The van der Waals surface area contributed by atoms with Crippen LogP contribution in [0.3, 0.4) is 0 Å². The van der Waals surface area contributed by atoms with Gasteiger partial charge >= 0.3 is 11.9 Å². The molecule has 0 radical (unpaired) electrons. The van der Waals surface area contributed by atoms with Crippen molar-refractivity contribution in [1.29, 1.82) is 0 Å². The number of hydrogen-bond acceptors (Lipinski definition) is 5. The van der Waals surface area contributed by atoms with Crippen molar-refractivity contribution >= 4 is 22.1 Å². The van der Waals surface area contributed by atoms with E-state index in [0.29, 0.717) is 0 Å². The third-order valence-electron chi connectivity index (χ3n) is 2.81. The Hall–Kier alpha value is -2.91. The van der Waals surface area contributed by atoms with Gasteiger partial charge in [-0.05, 0) is 24.3 Å². The lowest BCUT2D eigenvalue weighted by molar-refractivity contribution is 0.0692. The summed E-state index contributed by atoms with van der Waals surface area (Å²) >= 11 is 0. The van der Waals surface area contributed by atoms with E-state index in [0.717, 1.165) is 24.3 Å². The first kappa shape index (κ1) is 16.5. The summed E-state index contributed by atoms with van der Waals surface area (Å²) in [6.45, 7) is 0. The minimum atomic E-state index is -4.64. The van der Waals surface area contributed by atoms with E-state index in [1.165, 1.54) is 18.2 Å². The van der Waals surface area contributed by atoms with Crippen LogP contribution >= 0.6 is 0 Å². The average Bonchev–Trinajstić information content (AvgIpc) is 2.46. The Morgan fingerprint density at radius 1 is 0.870 bits per heavy atom. The van der Waals surface area contributed by atoms with Gasteiger partial charge in [-0.25, -0.2) is 9.59 Å². The van der Waals surface area contributed by atoms with Gasteiger partial charge in [0, 0.05) is 0 Å². The highest BCUT2D eigenvalue weighted by Gasteiger charge is 2.23.